The van der Waals surface area contributed by atoms with Gasteiger partial charge in [-0.1, -0.05) is 24.3 Å². The molecule has 0 bridgehead atoms. The smallest absolute Gasteiger partial charge is 0.198 e. The van der Waals surface area contributed by atoms with E-state index in [1.54, 1.807) is 6.33 Å². The summed E-state index contributed by atoms with van der Waals surface area (Å²) in [5, 5.41) is 9.55. The molecule has 3 aromatic heterocycles. The lowest BCUT2D eigenvalue weighted by atomic mass is 10.1. The Morgan fingerprint density at radius 2 is 1.92 bits per heavy atom. The van der Waals surface area contributed by atoms with Crippen molar-refractivity contribution < 1.29 is 4.42 Å². The number of furan rings is 1. The van der Waals surface area contributed by atoms with Gasteiger partial charge in [-0.3, -0.25) is 0 Å². The van der Waals surface area contributed by atoms with Crippen LogP contribution in [0.1, 0.15) is 17.2 Å². The molecule has 5 rings (SSSR count). The molecule has 1 aliphatic carbocycles. The predicted octanol–water partition coefficient (Wildman–Crippen LogP) is 3.76. The molecule has 3 heterocycles. The lowest BCUT2D eigenvalue weighted by Gasteiger charge is -2.13. The van der Waals surface area contributed by atoms with Crippen LogP contribution in [0.3, 0.4) is 0 Å². The van der Waals surface area contributed by atoms with Crippen LogP contribution in [0.25, 0.3) is 11.6 Å². The fraction of sp³-hybridized carbons (Fsp3) is 0.211. The first-order chi connectivity index (χ1) is 12.8. The monoisotopic (exact) mass is 363 g/mol. The number of nitrogens with zero attached hydrogens (tertiary/aromatic N) is 5. The number of fused-ring (bicyclic) bond motifs is 1. The first-order valence-corrected chi connectivity index (χ1v) is 9.31. The van der Waals surface area contributed by atoms with Crippen LogP contribution in [0, 0.1) is 0 Å². The van der Waals surface area contributed by atoms with E-state index in [1.165, 1.54) is 22.9 Å². The Hall–Kier alpha value is -2.80. The summed E-state index contributed by atoms with van der Waals surface area (Å²) in [6.45, 7) is 0. The molecule has 7 heteroatoms. The van der Waals surface area contributed by atoms with Crippen molar-refractivity contribution in [2.45, 2.75) is 29.1 Å². The average Bonchev–Trinajstić information content (AvgIpc) is 3.41. The third-order valence-electron chi connectivity index (χ3n) is 4.75. The van der Waals surface area contributed by atoms with Crippen molar-refractivity contribution >= 4 is 11.8 Å². The summed E-state index contributed by atoms with van der Waals surface area (Å²) in [6.07, 6.45) is 7.62. The molecule has 6 nitrogen and oxygen atoms in total. The van der Waals surface area contributed by atoms with Crippen LogP contribution >= 0.6 is 11.8 Å². The Morgan fingerprint density at radius 3 is 2.65 bits per heavy atom. The molecular weight excluding hydrogens is 346 g/mol. The highest BCUT2D eigenvalue weighted by atomic mass is 32.2. The first-order valence-electron chi connectivity index (χ1n) is 8.49. The predicted molar refractivity (Wildman–Crippen MR) is 97.9 cm³/mol. The van der Waals surface area contributed by atoms with E-state index in [0.717, 1.165) is 34.7 Å². The molecule has 0 N–H and O–H groups in total. The van der Waals surface area contributed by atoms with E-state index in [0.29, 0.717) is 6.04 Å². The minimum Gasteiger partial charge on any atom is -0.446 e. The summed E-state index contributed by atoms with van der Waals surface area (Å²) in [7, 11) is 1.91. The molecule has 0 fully saturated rings. The van der Waals surface area contributed by atoms with Gasteiger partial charge in [-0.05, 0) is 47.9 Å². The minimum atomic E-state index is 0.379. The van der Waals surface area contributed by atoms with E-state index >= 15 is 0 Å². The van der Waals surface area contributed by atoms with Gasteiger partial charge in [-0.15, -0.1) is 10.2 Å². The van der Waals surface area contributed by atoms with Crippen molar-refractivity contribution in [2.75, 3.05) is 0 Å². The third kappa shape index (κ3) is 2.64. The van der Waals surface area contributed by atoms with E-state index in [4.69, 9.17) is 4.42 Å². The molecule has 1 aromatic carbocycles. The summed E-state index contributed by atoms with van der Waals surface area (Å²) < 4.78 is 10.1. The number of rotatable bonds is 4. The molecule has 0 spiro atoms. The van der Waals surface area contributed by atoms with Gasteiger partial charge in [0.15, 0.2) is 21.8 Å². The van der Waals surface area contributed by atoms with Gasteiger partial charge in [0.1, 0.15) is 6.33 Å². The van der Waals surface area contributed by atoms with Gasteiger partial charge in [0.25, 0.3) is 0 Å². The maximum absolute atomic E-state index is 6.03. The van der Waals surface area contributed by atoms with Crippen LogP contribution in [0.15, 0.2) is 69.8 Å². The molecule has 1 aliphatic rings. The van der Waals surface area contributed by atoms with Crippen molar-refractivity contribution in [2.24, 2.45) is 7.05 Å². The Bertz CT molecular complexity index is 1040. The number of benzene rings is 1. The van der Waals surface area contributed by atoms with Gasteiger partial charge in [0.05, 0.1) is 0 Å². The van der Waals surface area contributed by atoms with Crippen LogP contribution in [-0.2, 0) is 19.9 Å². The van der Waals surface area contributed by atoms with Gasteiger partial charge in [-0.2, -0.15) is 0 Å². The second-order valence-electron chi connectivity index (χ2n) is 6.43. The lowest BCUT2D eigenvalue weighted by Crippen LogP contribution is -2.09. The van der Waals surface area contributed by atoms with E-state index in [-0.39, 0.29) is 0 Å². The number of hydrogen-bond acceptors (Lipinski definition) is 5. The number of aromatic nitrogens is 5. The third-order valence-corrected chi connectivity index (χ3v) is 5.73. The topological polar surface area (TPSA) is 61.7 Å². The summed E-state index contributed by atoms with van der Waals surface area (Å²) >= 11 is 1.45. The van der Waals surface area contributed by atoms with Gasteiger partial charge < -0.3 is 13.6 Å². The molecule has 4 aromatic rings. The fourth-order valence-electron chi connectivity index (χ4n) is 3.48. The second kappa shape index (κ2) is 6.17. The van der Waals surface area contributed by atoms with E-state index in [2.05, 4.69) is 44.0 Å². The normalized spacial score (nSPS) is 14.0. The fourth-order valence-corrected chi connectivity index (χ4v) is 4.21. The second-order valence-corrected chi connectivity index (χ2v) is 7.41. The molecule has 0 unspecified atom stereocenters. The number of aryl methyl sites for hydroxylation is 1. The van der Waals surface area contributed by atoms with Crippen molar-refractivity contribution in [3.8, 4) is 11.6 Å². The summed E-state index contributed by atoms with van der Waals surface area (Å²) in [5.74, 6) is 1.64. The van der Waals surface area contributed by atoms with Crippen LogP contribution in [-0.4, -0.2) is 24.3 Å². The summed E-state index contributed by atoms with van der Waals surface area (Å²) in [4.78, 5) is 4.55. The van der Waals surface area contributed by atoms with Gasteiger partial charge in [0, 0.05) is 25.5 Å². The lowest BCUT2D eigenvalue weighted by molar-refractivity contribution is 0.469. The van der Waals surface area contributed by atoms with Gasteiger partial charge in [-0.25, -0.2) is 4.98 Å². The minimum absolute atomic E-state index is 0.379. The zero-order valence-corrected chi connectivity index (χ0v) is 15.1. The highest BCUT2D eigenvalue weighted by Crippen LogP contribution is 2.35. The van der Waals surface area contributed by atoms with Crippen LogP contribution in [0.5, 0.6) is 0 Å². The molecule has 26 heavy (non-hydrogen) atoms. The van der Waals surface area contributed by atoms with Crippen molar-refractivity contribution in [1.29, 1.82) is 0 Å². The highest BCUT2D eigenvalue weighted by molar-refractivity contribution is 7.99. The average molecular weight is 363 g/mol. The Balaban J connectivity index is 1.41. The Kier molecular flexibility index (Phi) is 3.67. The zero-order valence-electron chi connectivity index (χ0n) is 14.2. The molecule has 0 amide bonds. The van der Waals surface area contributed by atoms with E-state index in [1.807, 2.05) is 36.1 Å². The SMILES string of the molecule is Cn1cnnc1Sc1ccc(-c2nccn2C2Cc3ccccc3C2)o1. The van der Waals surface area contributed by atoms with Crippen molar-refractivity contribution in [1.82, 2.24) is 24.3 Å². The first kappa shape index (κ1) is 15.5. The molecule has 130 valence electrons. The van der Waals surface area contributed by atoms with Crippen molar-refractivity contribution in [3.63, 3.8) is 0 Å². The van der Waals surface area contributed by atoms with Crippen LogP contribution < -0.4 is 0 Å². The Morgan fingerprint density at radius 1 is 1.12 bits per heavy atom. The zero-order chi connectivity index (χ0) is 17.5. The maximum Gasteiger partial charge on any atom is 0.198 e. The van der Waals surface area contributed by atoms with E-state index in [9.17, 15) is 0 Å². The quantitative estimate of drug-likeness (QED) is 0.552. The summed E-state index contributed by atoms with van der Waals surface area (Å²) in [5.41, 5.74) is 2.85. The molecule has 0 radical (unpaired) electrons. The standard InChI is InChI=1S/C19H17N5OS/c1-23-12-21-22-19(23)26-17-7-6-16(25-17)18-20-8-9-24(18)15-10-13-4-2-3-5-14(13)11-15/h2-9,12,15H,10-11H2,1H3. The maximum atomic E-state index is 6.03. The molecular formula is C19H17N5OS. The molecule has 0 aliphatic heterocycles. The van der Waals surface area contributed by atoms with Gasteiger partial charge in [0.2, 0.25) is 0 Å². The largest absolute Gasteiger partial charge is 0.446 e. The number of hydrogen-bond donors (Lipinski definition) is 0. The molecule has 0 atom stereocenters. The summed E-state index contributed by atoms with van der Waals surface area (Å²) in [6, 6.07) is 13.0. The highest BCUT2D eigenvalue weighted by Gasteiger charge is 2.25. The number of imidazole rings is 1. The molecule has 0 saturated carbocycles. The van der Waals surface area contributed by atoms with Gasteiger partial charge >= 0.3 is 0 Å². The Labute approximate surface area is 154 Å². The van der Waals surface area contributed by atoms with Crippen LogP contribution in [0.4, 0.5) is 0 Å². The molecule has 0 saturated heterocycles. The van der Waals surface area contributed by atoms with E-state index < -0.39 is 0 Å². The van der Waals surface area contributed by atoms with Crippen molar-refractivity contribution in [3.05, 3.63) is 66.2 Å². The van der Waals surface area contributed by atoms with Crippen LogP contribution in [0.2, 0.25) is 0 Å².